The number of carboxylic acids is 1. The van der Waals surface area contributed by atoms with Crippen molar-refractivity contribution in [1.82, 2.24) is 4.90 Å². The number of Topliss-reactive ketones (excluding diaryl/α,β-unsaturated/α-hetero) is 2. The zero-order valence-corrected chi connectivity index (χ0v) is 25.8. The predicted molar refractivity (Wildman–Crippen MR) is 161 cm³/mol. The van der Waals surface area contributed by atoms with Crippen LogP contribution < -0.4 is 5.73 Å². The van der Waals surface area contributed by atoms with Gasteiger partial charge < -0.3 is 41.5 Å². The SMILES string of the molecule is C=C1c2c(Cl)ccc(O)c2C(O)=C2C(=O)C3(O)C(O)=C(C(N)=O)C(=O)C(N(C)C)C3C(O)C12.O=C(O)c1cc(S(=O)(=O)O)ccc1O. The van der Waals surface area contributed by atoms with Crippen LogP contribution in [0.2, 0.25) is 5.02 Å². The zero-order valence-electron chi connectivity index (χ0n) is 24.2. The normalized spacial score (nSPS) is 25.5. The van der Waals surface area contributed by atoms with E-state index in [-0.39, 0.29) is 21.7 Å². The minimum absolute atomic E-state index is 0.0516. The second kappa shape index (κ2) is 11.8. The van der Waals surface area contributed by atoms with Gasteiger partial charge in [0.05, 0.1) is 34.1 Å². The van der Waals surface area contributed by atoms with Crippen molar-refractivity contribution >= 4 is 56.5 Å². The Morgan fingerprint density at radius 2 is 1.60 bits per heavy atom. The van der Waals surface area contributed by atoms with Gasteiger partial charge in [-0.1, -0.05) is 18.2 Å². The van der Waals surface area contributed by atoms with Gasteiger partial charge in [-0.3, -0.25) is 23.8 Å². The molecule has 1 fully saturated rings. The Bertz CT molecular complexity index is 1970. The van der Waals surface area contributed by atoms with E-state index in [9.17, 15) is 53.1 Å². The van der Waals surface area contributed by atoms with Gasteiger partial charge in [-0.15, -0.1) is 0 Å². The number of benzene rings is 2. The van der Waals surface area contributed by atoms with Crippen molar-refractivity contribution in [3.05, 3.63) is 75.5 Å². The fraction of sp³-hybridized carbons (Fsp3) is 0.241. The highest BCUT2D eigenvalue weighted by Crippen LogP contribution is 2.56. The van der Waals surface area contributed by atoms with E-state index in [0.717, 1.165) is 12.1 Å². The van der Waals surface area contributed by atoms with E-state index in [0.29, 0.717) is 6.07 Å². The van der Waals surface area contributed by atoms with Gasteiger partial charge in [0.25, 0.3) is 16.0 Å². The van der Waals surface area contributed by atoms with Gasteiger partial charge in [0.1, 0.15) is 34.2 Å². The van der Waals surface area contributed by atoms with Crippen molar-refractivity contribution in [2.45, 2.75) is 22.6 Å². The molecule has 47 heavy (non-hydrogen) atoms. The van der Waals surface area contributed by atoms with Crippen LogP contribution in [0.4, 0.5) is 0 Å². The Hall–Kier alpha value is -4.78. The maximum atomic E-state index is 13.7. The van der Waals surface area contributed by atoms with Crippen molar-refractivity contribution in [3.63, 3.8) is 0 Å². The van der Waals surface area contributed by atoms with Gasteiger partial charge in [0.2, 0.25) is 5.78 Å². The number of rotatable bonds is 4. The van der Waals surface area contributed by atoms with E-state index < -0.39 is 108 Å². The summed E-state index contributed by atoms with van der Waals surface area (Å²) in [6.45, 7) is 3.89. The first-order valence-corrected chi connectivity index (χ1v) is 15.0. The molecule has 0 aliphatic heterocycles. The zero-order chi connectivity index (χ0) is 35.7. The van der Waals surface area contributed by atoms with Crippen LogP contribution in [-0.2, 0) is 24.5 Å². The molecule has 5 unspecified atom stereocenters. The lowest BCUT2D eigenvalue weighted by molar-refractivity contribution is -0.166. The maximum Gasteiger partial charge on any atom is 0.339 e. The summed E-state index contributed by atoms with van der Waals surface area (Å²) >= 11 is 6.25. The van der Waals surface area contributed by atoms with Gasteiger partial charge in [0.15, 0.2) is 11.4 Å². The number of hydrogen-bond acceptors (Lipinski definition) is 13. The standard InChI is InChI=1S/C22H21ClN2O8.C7H6O6S/c1-6-9-7(23)4-5-8(26)11(9)16(27)12-10(6)17(28)14-15(25(2)3)18(29)13(21(24)32)20(31)22(14,33)19(12)30;8-6-2-1-4(14(11,12)13)3-5(6)7(9)10/h4-5,10,14-15,17,26-28,31,33H,1H2,2-3H3,(H2,24,32);1-3,8H,(H,9,10)(H,11,12,13). The number of carboxylic acid groups (broad SMARTS) is 1. The topological polar surface area (TPSA) is 294 Å². The minimum Gasteiger partial charge on any atom is -0.508 e. The average molecular weight is 695 g/mol. The number of fused-ring (bicyclic) bond motifs is 3. The second-order valence-corrected chi connectivity index (χ2v) is 12.8. The minimum atomic E-state index is -4.45. The van der Waals surface area contributed by atoms with Gasteiger partial charge in [-0.25, -0.2) is 4.79 Å². The number of primary amides is 1. The molecule has 2 aromatic rings. The number of carbonyl (C=O) groups excluding carboxylic acids is 3. The molecule has 16 nitrogen and oxygen atoms in total. The van der Waals surface area contributed by atoms with E-state index >= 15 is 0 Å². The summed E-state index contributed by atoms with van der Waals surface area (Å²) in [5, 5.41) is 72.5. The van der Waals surface area contributed by atoms with Crippen molar-refractivity contribution < 1.29 is 67.9 Å². The van der Waals surface area contributed by atoms with E-state index in [4.69, 9.17) is 32.1 Å². The van der Waals surface area contributed by atoms with E-state index in [1.165, 1.54) is 31.1 Å². The van der Waals surface area contributed by atoms with Crippen LogP contribution in [0, 0.1) is 11.8 Å². The van der Waals surface area contributed by atoms with Crippen LogP contribution in [0.1, 0.15) is 21.5 Å². The van der Waals surface area contributed by atoms with E-state index in [1.807, 2.05) is 0 Å². The number of phenols is 2. The van der Waals surface area contributed by atoms with Gasteiger partial charge >= 0.3 is 5.97 Å². The molecule has 0 spiro atoms. The number of amides is 1. The molecule has 0 bridgehead atoms. The lowest BCUT2D eigenvalue weighted by Crippen LogP contribution is -2.70. The number of hydrogen-bond donors (Lipinski definition) is 9. The Kier molecular flexibility index (Phi) is 8.80. The number of phenolic OH excluding ortho intramolecular Hbond substituents is 1. The summed E-state index contributed by atoms with van der Waals surface area (Å²) in [7, 11) is -1.61. The number of aliphatic hydroxyl groups is 4. The number of likely N-dealkylation sites (N-methyl/N-ethyl adjacent to an activating group) is 1. The highest BCUT2D eigenvalue weighted by Gasteiger charge is 2.68. The van der Waals surface area contributed by atoms with Crippen LogP contribution in [0.3, 0.4) is 0 Å². The summed E-state index contributed by atoms with van der Waals surface area (Å²) in [5.41, 5.74) is 0.0510. The van der Waals surface area contributed by atoms with Crippen LogP contribution >= 0.6 is 11.6 Å². The molecule has 3 aliphatic rings. The summed E-state index contributed by atoms with van der Waals surface area (Å²) in [5.74, 6) is -11.2. The quantitative estimate of drug-likeness (QED) is 0.155. The second-order valence-electron chi connectivity index (χ2n) is 11.0. The number of carbonyl (C=O) groups is 4. The van der Waals surface area contributed by atoms with Gasteiger partial charge in [-0.2, -0.15) is 8.42 Å². The average Bonchev–Trinajstić information content (AvgIpc) is 2.95. The summed E-state index contributed by atoms with van der Waals surface area (Å²) in [6.07, 6.45) is -1.75. The first-order chi connectivity index (χ1) is 21.6. The number of aromatic hydroxyl groups is 2. The van der Waals surface area contributed by atoms with Crippen LogP contribution in [-0.4, -0.2) is 109 Å². The maximum absolute atomic E-state index is 13.7. The number of nitrogens with two attached hydrogens (primary N) is 1. The van der Waals surface area contributed by atoms with Crippen molar-refractivity contribution in [2.24, 2.45) is 17.6 Å². The summed E-state index contributed by atoms with van der Waals surface area (Å²) in [6, 6.07) is 3.53. The molecular weight excluding hydrogens is 668 g/mol. The molecule has 5 rings (SSSR count). The molecule has 0 saturated heterocycles. The lowest BCUT2D eigenvalue weighted by Gasteiger charge is -2.52. The van der Waals surface area contributed by atoms with Crippen LogP contribution in [0.5, 0.6) is 11.5 Å². The van der Waals surface area contributed by atoms with E-state index in [1.54, 1.807) is 0 Å². The largest absolute Gasteiger partial charge is 0.508 e. The van der Waals surface area contributed by atoms with Gasteiger partial charge in [-0.05, 0) is 50.0 Å². The van der Waals surface area contributed by atoms with Crippen molar-refractivity contribution in [3.8, 4) is 11.5 Å². The molecule has 1 amide bonds. The monoisotopic (exact) mass is 694 g/mol. The number of aromatic carboxylic acids is 1. The molecular formula is C29H27ClN2O14S. The first kappa shape index (κ1) is 35.1. The van der Waals surface area contributed by atoms with Crippen molar-refractivity contribution in [1.29, 1.82) is 0 Å². The van der Waals surface area contributed by atoms with Crippen LogP contribution in [0.15, 0.2) is 58.7 Å². The molecule has 5 atom stereocenters. The number of aliphatic hydroxyl groups excluding tert-OH is 3. The third kappa shape index (κ3) is 5.32. The highest BCUT2D eigenvalue weighted by atomic mass is 35.5. The fourth-order valence-corrected chi connectivity index (χ4v) is 6.89. The lowest BCUT2D eigenvalue weighted by atomic mass is 9.55. The third-order valence-corrected chi connectivity index (χ3v) is 9.33. The first-order valence-electron chi connectivity index (χ1n) is 13.2. The Morgan fingerprint density at radius 3 is 2.11 bits per heavy atom. The fourth-order valence-electron chi connectivity index (χ4n) is 6.11. The van der Waals surface area contributed by atoms with Gasteiger partial charge in [0, 0.05) is 16.5 Å². The summed E-state index contributed by atoms with van der Waals surface area (Å²) in [4.78, 5) is 49.8. The Labute approximate surface area is 270 Å². The van der Waals surface area contributed by atoms with E-state index in [2.05, 4.69) is 6.58 Å². The number of nitrogens with zero attached hydrogens (tertiary/aromatic N) is 1. The number of ketones is 2. The molecule has 10 N–H and O–H groups in total. The smallest absolute Gasteiger partial charge is 0.339 e. The molecule has 0 radical (unpaired) electrons. The Balaban J connectivity index is 0.000000300. The Morgan fingerprint density at radius 1 is 1.02 bits per heavy atom. The molecule has 3 aliphatic carbocycles. The third-order valence-electron chi connectivity index (χ3n) is 8.17. The number of halogens is 1. The molecule has 2 aromatic carbocycles. The molecule has 250 valence electrons. The molecule has 18 heteroatoms. The highest BCUT2D eigenvalue weighted by molar-refractivity contribution is 7.85. The summed E-state index contributed by atoms with van der Waals surface area (Å²) < 4.78 is 29.8. The molecule has 0 aromatic heterocycles. The van der Waals surface area contributed by atoms with Crippen molar-refractivity contribution in [2.75, 3.05) is 14.1 Å². The molecule has 0 heterocycles. The molecule has 1 saturated carbocycles. The van der Waals surface area contributed by atoms with Crippen LogP contribution in [0.25, 0.3) is 11.3 Å². The predicted octanol–water partition coefficient (Wildman–Crippen LogP) is 0.396.